The number of ketones is 2. The fourth-order valence-electron chi connectivity index (χ4n) is 4.42. The van der Waals surface area contributed by atoms with Crippen molar-refractivity contribution in [1.29, 1.82) is 0 Å². The molecule has 0 radical (unpaired) electrons. The van der Waals surface area contributed by atoms with Gasteiger partial charge in [-0.05, 0) is 36.8 Å². The maximum absolute atomic E-state index is 13.1. The first kappa shape index (κ1) is 23.1. The van der Waals surface area contributed by atoms with Gasteiger partial charge in [-0.2, -0.15) is 0 Å². The number of carbonyl (C=O) groups is 3. The van der Waals surface area contributed by atoms with E-state index in [0.717, 1.165) is 11.4 Å². The van der Waals surface area contributed by atoms with E-state index in [9.17, 15) is 14.4 Å². The number of urea groups is 1. The van der Waals surface area contributed by atoms with Gasteiger partial charge in [0.2, 0.25) is 0 Å². The van der Waals surface area contributed by atoms with Crippen molar-refractivity contribution in [3.63, 3.8) is 0 Å². The lowest BCUT2D eigenvalue weighted by molar-refractivity contribution is 0.0979. The highest BCUT2D eigenvalue weighted by atomic mass is 16.2. The Morgan fingerprint density at radius 2 is 1.17 bits per heavy atom. The number of fused-ring (bicyclic) bond motifs is 2. The minimum absolute atomic E-state index is 0.141. The Morgan fingerprint density at radius 1 is 0.611 bits per heavy atom. The first-order valence-corrected chi connectivity index (χ1v) is 11.9. The van der Waals surface area contributed by atoms with E-state index in [4.69, 9.17) is 0 Å². The lowest BCUT2D eigenvalue weighted by Crippen LogP contribution is -2.37. The highest BCUT2D eigenvalue weighted by Crippen LogP contribution is 2.32. The zero-order valence-corrected chi connectivity index (χ0v) is 19.6. The standard InChI is InChI=1S/C30H25N3O3/c34-28-23-15-7-8-16-24(23)29(35)27-25(28)17-9-18-26(27)31-19-10-20-32-30(36)33(21-11-3-1-4-12-21)22-13-5-2-6-14-22/h1-9,11-18,31H,10,19-20H2,(H,32,36). The molecule has 1 aliphatic carbocycles. The van der Waals surface area contributed by atoms with Crippen LogP contribution in [0.4, 0.5) is 21.9 Å². The minimum Gasteiger partial charge on any atom is -0.384 e. The Balaban J connectivity index is 1.23. The van der Waals surface area contributed by atoms with Gasteiger partial charge < -0.3 is 10.6 Å². The SMILES string of the molecule is O=C1c2ccccc2C(=O)c2c(NCCCNC(=O)N(c3ccccc3)c3ccccc3)cccc21. The Hall–Kier alpha value is -4.71. The molecule has 0 saturated heterocycles. The molecule has 5 rings (SSSR count). The summed E-state index contributed by atoms with van der Waals surface area (Å²) in [5.74, 6) is -0.295. The Morgan fingerprint density at radius 3 is 1.81 bits per heavy atom. The quantitative estimate of drug-likeness (QED) is 0.291. The summed E-state index contributed by atoms with van der Waals surface area (Å²) in [4.78, 5) is 40.8. The molecule has 2 N–H and O–H groups in total. The summed E-state index contributed by atoms with van der Waals surface area (Å²) in [6.45, 7) is 0.962. The second-order valence-electron chi connectivity index (χ2n) is 8.45. The number of anilines is 3. The van der Waals surface area contributed by atoms with Gasteiger partial charge in [-0.15, -0.1) is 0 Å². The predicted molar refractivity (Wildman–Crippen MR) is 141 cm³/mol. The van der Waals surface area contributed by atoms with E-state index in [-0.39, 0.29) is 17.6 Å². The van der Waals surface area contributed by atoms with Gasteiger partial charge in [0.15, 0.2) is 11.6 Å². The minimum atomic E-state index is -0.220. The van der Waals surface area contributed by atoms with Crippen LogP contribution in [0.3, 0.4) is 0 Å². The third-order valence-corrected chi connectivity index (χ3v) is 6.13. The molecule has 6 heteroatoms. The molecule has 0 bridgehead atoms. The van der Waals surface area contributed by atoms with Gasteiger partial charge in [0, 0.05) is 35.5 Å². The van der Waals surface area contributed by atoms with E-state index in [0.29, 0.717) is 47.5 Å². The molecule has 6 nitrogen and oxygen atoms in total. The number of nitrogens with one attached hydrogen (secondary N) is 2. The van der Waals surface area contributed by atoms with Crippen LogP contribution in [0.25, 0.3) is 0 Å². The zero-order valence-electron chi connectivity index (χ0n) is 19.6. The van der Waals surface area contributed by atoms with Gasteiger partial charge in [-0.1, -0.05) is 72.8 Å². The smallest absolute Gasteiger partial charge is 0.326 e. The first-order chi connectivity index (χ1) is 17.6. The number of carbonyl (C=O) groups excluding carboxylic acids is 3. The highest BCUT2D eigenvalue weighted by Gasteiger charge is 2.31. The number of para-hydroxylation sites is 2. The molecule has 0 heterocycles. The summed E-state index contributed by atoms with van der Waals surface area (Å²) in [5.41, 5.74) is 3.87. The van der Waals surface area contributed by atoms with E-state index < -0.39 is 0 Å². The maximum Gasteiger partial charge on any atom is 0.326 e. The van der Waals surface area contributed by atoms with Crippen molar-refractivity contribution in [3.8, 4) is 0 Å². The summed E-state index contributed by atoms with van der Waals surface area (Å²) in [6.07, 6.45) is 0.631. The van der Waals surface area contributed by atoms with Crippen LogP contribution in [0, 0.1) is 0 Å². The summed E-state index contributed by atoms with van der Waals surface area (Å²) >= 11 is 0. The molecule has 178 valence electrons. The van der Waals surface area contributed by atoms with Gasteiger partial charge in [-0.25, -0.2) is 4.79 Å². The monoisotopic (exact) mass is 475 g/mol. The van der Waals surface area contributed by atoms with Crippen LogP contribution in [0.1, 0.15) is 38.3 Å². The fourth-order valence-corrected chi connectivity index (χ4v) is 4.42. The molecule has 1 aliphatic rings. The lowest BCUT2D eigenvalue weighted by Gasteiger charge is -2.23. The second-order valence-corrected chi connectivity index (χ2v) is 8.45. The third kappa shape index (κ3) is 4.49. The van der Waals surface area contributed by atoms with E-state index in [1.54, 1.807) is 41.3 Å². The Labute approximate surface area is 209 Å². The van der Waals surface area contributed by atoms with E-state index in [1.165, 1.54) is 0 Å². The number of benzene rings is 4. The lowest BCUT2D eigenvalue weighted by atomic mass is 9.83. The third-order valence-electron chi connectivity index (χ3n) is 6.13. The van der Waals surface area contributed by atoms with Crippen LogP contribution in [0.15, 0.2) is 103 Å². The van der Waals surface area contributed by atoms with Crippen molar-refractivity contribution in [2.45, 2.75) is 6.42 Å². The Bertz CT molecular complexity index is 1380. The number of nitrogens with zero attached hydrogens (tertiary/aromatic N) is 1. The zero-order chi connectivity index (χ0) is 24.9. The molecular formula is C30H25N3O3. The predicted octanol–water partition coefficient (Wildman–Crippen LogP) is 5.81. The van der Waals surface area contributed by atoms with E-state index in [2.05, 4.69) is 10.6 Å². The molecule has 4 aromatic rings. The molecule has 0 aromatic heterocycles. The molecule has 4 aromatic carbocycles. The average molecular weight is 476 g/mol. The van der Waals surface area contributed by atoms with Crippen LogP contribution in [-0.2, 0) is 0 Å². The van der Waals surface area contributed by atoms with Crippen molar-refractivity contribution >= 4 is 34.7 Å². The van der Waals surface area contributed by atoms with E-state index >= 15 is 0 Å². The fraction of sp³-hybridized carbons (Fsp3) is 0.100. The molecule has 0 unspecified atom stereocenters. The molecule has 0 aliphatic heterocycles. The number of hydrogen-bond acceptors (Lipinski definition) is 4. The topological polar surface area (TPSA) is 78.5 Å². The van der Waals surface area contributed by atoms with Crippen molar-refractivity contribution in [1.82, 2.24) is 5.32 Å². The van der Waals surface area contributed by atoms with Crippen molar-refractivity contribution in [3.05, 3.63) is 125 Å². The summed E-state index contributed by atoms with van der Waals surface area (Å²) in [5, 5.41) is 6.27. The first-order valence-electron chi connectivity index (χ1n) is 11.9. The van der Waals surface area contributed by atoms with Crippen molar-refractivity contribution in [2.75, 3.05) is 23.3 Å². The van der Waals surface area contributed by atoms with Gasteiger partial charge in [0.05, 0.1) is 16.9 Å². The van der Waals surface area contributed by atoms with Crippen molar-refractivity contribution < 1.29 is 14.4 Å². The molecule has 36 heavy (non-hydrogen) atoms. The summed E-state index contributed by atoms with van der Waals surface area (Å²) in [6, 6.07) is 30.9. The van der Waals surface area contributed by atoms with Crippen LogP contribution >= 0.6 is 0 Å². The molecule has 0 spiro atoms. The number of amides is 2. The van der Waals surface area contributed by atoms with Crippen molar-refractivity contribution in [2.24, 2.45) is 0 Å². The van der Waals surface area contributed by atoms with Gasteiger partial charge in [0.1, 0.15) is 0 Å². The molecule has 0 atom stereocenters. The number of hydrogen-bond donors (Lipinski definition) is 2. The largest absolute Gasteiger partial charge is 0.384 e. The molecule has 0 fully saturated rings. The highest BCUT2D eigenvalue weighted by molar-refractivity contribution is 6.30. The maximum atomic E-state index is 13.1. The second kappa shape index (κ2) is 10.3. The molecule has 2 amide bonds. The summed E-state index contributed by atoms with van der Waals surface area (Å²) < 4.78 is 0. The molecule has 0 saturated carbocycles. The normalized spacial score (nSPS) is 11.9. The van der Waals surface area contributed by atoms with Crippen LogP contribution in [-0.4, -0.2) is 30.7 Å². The van der Waals surface area contributed by atoms with E-state index in [1.807, 2.05) is 66.7 Å². The van der Waals surface area contributed by atoms with Gasteiger partial charge in [-0.3, -0.25) is 14.5 Å². The van der Waals surface area contributed by atoms with Crippen LogP contribution in [0.2, 0.25) is 0 Å². The Kier molecular flexibility index (Phi) is 6.58. The summed E-state index contributed by atoms with van der Waals surface area (Å²) in [7, 11) is 0. The van der Waals surface area contributed by atoms with Crippen LogP contribution in [0.5, 0.6) is 0 Å². The molecular weight excluding hydrogens is 450 g/mol. The van der Waals surface area contributed by atoms with Gasteiger partial charge in [0.25, 0.3) is 0 Å². The van der Waals surface area contributed by atoms with Gasteiger partial charge >= 0.3 is 6.03 Å². The number of rotatable bonds is 7. The average Bonchev–Trinajstić information content (AvgIpc) is 2.93. The van der Waals surface area contributed by atoms with Crippen LogP contribution < -0.4 is 15.5 Å².